The second-order valence-corrected chi connectivity index (χ2v) is 6.69. The first-order valence-electron chi connectivity index (χ1n) is 6.56. The number of nitrogens with two attached hydrogens (primary N) is 1. The summed E-state index contributed by atoms with van der Waals surface area (Å²) in [4.78, 5) is 12.4. The zero-order valence-electron chi connectivity index (χ0n) is 12.1. The average molecular weight is 327 g/mol. The van der Waals surface area contributed by atoms with Crippen LogP contribution in [0.2, 0.25) is 0 Å². The number of rotatable bonds is 5. The summed E-state index contributed by atoms with van der Waals surface area (Å²) in [7, 11) is 0. The molecule has 0 saturated heterocycles. The Kier molecular flexibility index (Phi) is 5.56. The van der Waals surface area contributed by atoms with Gasteiger partial charge in [-0.1, -0.05) is 35.8 Å². The molecule has 19 heavy (non-hydrogen) atoms. The van der Waals surface area contributed by atoms with Crippen LogP contribution in [0.4, 0.5) is 0 Å². The van der Waals surface area contributed by atoms with Crippen LogP contribution in [0, 0.1) is 12.8 Å². The highest BCUT2D eigenvalue weighted by Crippen LogP contribution is 2.19. The second-order valence-electron chi connectivity index (χ2n) is 5.78. The molecule has 0 spiro atoms. The molecule has 3 nitrogen and oxygen atoms in total. The Morgan fingerprint density at radius 1 is 1.47 bits per heavy atom. The smallest absolute Gasteiger partial charge is 0.252 e. The normalized spacial score (nSPS) is 14.3. The van der Waals surface area contributed by atoms with Gasteiger partial charge in [0.05, 0.1) is 0 Å². The molecule has 4 heteroatoms. The van der Waals surface area contributed by atoms with Crippen LogP contribution < -0.4 is 11.1 Å². The molecule has 1 rings (SSSR count). The molecule has 0 aromatic heterocycles. The first-order chi connectivity index (χ1) is 8.77. The Balaban J connectivity index is 2.91. The third-order valence-electron chi connectivity index (χ3n) is 3.17. The van der Waals surface area contributed by atoms with Crippen LogP contribution in [0.15, 0.2) is 22.7 Å². The molecule has 1 aromatic carbocycles. The number of halogens is 1. The minimum atomic E-state index is -0.361. The van der Waals surface area contributed by atoms with Crippen molar-refractivity contribution >= 4 is 21.8 Å². The number of aryl methyl sites for hydroxylation is 1. The van der Waals surface area contributed by atoms with Gasteiger partial charge in [-0.2, -0.15) is 0 Å². The zero-order chi connectivity index (χ0) is 14.6. The van der Waals surface area contributed by atoms with Gasteiger partial charge in [-0.3, -0.25) is 4.79 Å². The molecule has 0 bridgehead atoms. The van der Waals surface area contributed by atoms with E-state index in [-0.39, 0.29) is 11.4 Å². The summed E-state index contributed by atoms with van der Waals surface area (Å²) >= 11 is 3.40. The molecular formula is C15H23BrN2O. The third-order valence-corrected chi connectivity index (χ3v) is 3.66. The summed E-state index contributed by atoms with van der Waals surface area (Å²) in [6.45, 7) is 8.63. The van der Waals surface area contributed by atoms with E-state index in [2.05, 4.69) is 35.1 Å². The van der Waals surface area contributed by atoms with E-state index in [0.717, 1.165) is 16.5 Å². The summed E-state index contributed by atoms with van der Waals surface area (Å²) in [6, 6.07) is 5.71. The van der Waals surface area contributed by atoms with Crippen molar-refractivity contribution in [1.82, 2.24) is 5.32 Å². The molecule has 1 amide bonds. The first kappa shape index (κ1) is 16.2. The lowest BCUT2D eigenvalue weighted by molar-refractivity contribution is 0.0897. The van der Waals surface area contributed by atoms with Crippen molar-refractivity contribution in [2.45, 2.75) is 39.7 Å². The van der Waals surface area contributed by atoms with Gasteiger partial charge in [-0.05, 0) is 43.9 Å². The quantitative estimate of drug-likeness (QED) is 0.872. The Bertz CT molecular complexity index is 459. The van der Waals surface area contributed by atoms with Crippen LogP contribution in [0.25, 0.3) is 0 Å². The Labute approximate surface area is 124 Å². The molecule has 0 aliphatic rings. The number of carbonyl (C=O) groups is 1. The molecular weight excluding hydrogens is 304 g/mol. The minimum Gasteiger partial charge on any atom is -0.346 e. The van der Waals surface area contributed by atoms with Crippen LogP contribution in [0.5, 0.6) is 0 Å². The van der Waals surface area contributed by atoms with E-state index >= 15 is 0 Å². The average Bonchev–Trinajstić information content (AvgIpc) is 2.31. The predicted octanol–water partition coefficient (Wildman–Crippen LogP) is 3.25. The monoisotopic (exact) mass is 326 g/mol. The van der Waals surface area contributed by atoms with Gasteiger partial charge in [-0.15, -0.1) is 0 Å². The van der Waals surface area contributed by atoms with E-state index in [9.17, 15) is 4.79 Å². The topological polar surface area (TPSA) is 55.1 Å². The third kappa shape index (κ3) is 4.62. The maximum absolute atomic E-state index is 12.4. The molecule has 0 heterocycles. The SMILES string of the molecule is Cc1ccc(Br)cc1C(=O)NC(C)(CN)CC(C)C. The van der Waals surface area contributed by atoms with Crippen LogP contribution in [-0.2, 0) is 0 Å². The lowest BCUT2D eigenvalue weighted by Crippen LogP contribution is -2.52. The van der Waals surface area contributed by atoms with Gasteiger partial charge in [0.2, 0.25) is 0 Å². The first-order valence-corrected chi connectivity index (χ1v) is 7.35. The number of nitrogens with one attached hydrogen (secondary N) is 1. The van der Waals surface area contributed by atoms with Gasteiger partial charge < -0.3 is 11.1 Å². The molecule has 0 aliphatic carbocycles. The molecule has 1 atom stereocenters. The Hall–Kier alpha value is -0.870. The highest BCUT2D eigenvalue weighted by molar-refractivity contribution is 9.10. The van der Waals surface area contributed by atoms with Gasteiger partial charge in [0.15, 0.2) is 0 Å². The fourth-order valence-corrected chi connectivity index (χ4v) is 2.63. The molecule has 0 aliphatic heterocycles. The summed E-state index contributed by atoms with van der Waals surface area (Å²) < 4.78 is 0.904. The van der Waals surface area contributed by atoms with E-state index in [0.29, 0.717) is 18.0 Å². The van der Waals surface area contributed by atoms with E-state index in [4.69, 9.17) is 5.73 Å². The number of benzene rings is 1. The Morgan fingerprint density at radius 2 is 2.11 bits per heavy atom. The van der Waals surface area contributed by atoms with Crippen LogP contribution in [-0.4, -0.2) is 18.0 Å². The van der Waals surface area contributed by atoms with Gasteiger partial charge in [0.25, 0.3) is 5.91 Å². The number of carbonyl (C=O) groups excluding carboxylic acids is 1. The maximum Gasteiger partial charge on any atom is 0.252 e. The standard InChI is InChI=1S/C15H23BrN2O/c1-10(2)8-15(4,9-17)18-14(19)13-7-12(16)6-5-11(13)3/h5-7,10H,8-9,17H2,1-4H3,(H,18,19). The minimum absolute atomic E-state index is 0.0626. The Morgan fingerprint density at radius 3 is 2.63 bits per heavy atom. The summed E-state index contributed by atoms with van der Waals surface area (Å²) in [5.41, 5.74) is 7.12. The second kappa shape index (κ2) is 6.53. The van der Waals surface area contributed by atoms with Crippen molar-refractivity contribution in [2.75, 3.05) is 6.54 Å². The zero-order valence-corrected chi connectivity index (χ0v) is 13.7. The van der Waals surface area contributed by atoms with E-state index in [1.165, 1.54) is 0 Å². The van der Waals surface area contributed by atoms with Crippen molar-refractivity contribution < 1.29 is 4.79 Å². The molecule has 0 saturated carbocycles. The predicted molar refractivity (Wildman–Crippen MR) is 83.3 cm³/mol. The largest absolute Gasteiger partial charge is 0.346 e. The van der Waals surface area contributed by atoms with Gasteiger partial charge in [0, 0.05) is 22.1 Å². The highest BCUT2D eigenvalue weighted by Gasteiger charge is 2.26. The van der Waals surface area contributed by atoms with Crippen molar-refractivity contribution in [2.24, 2.45) is 11.7 Å². The molecule has 1 unspecified atom stereocenters. The van der Waals surface area contributed by atoms with Crippen LogP contribution in [0.3, 0.4) is 0 Å². The van der Waals surface area contributed by atoms with Crippen LogP contribution >= 0.6 is 15.9 Å². The fourth-order valence-electron chi connectivity index (χ4n) is 2.27. The van der Waals surface area contributed by atoms with Crippen molar-refractivity contribution in [1.29, 1.82) is 0 Å². The molecule has 106 valence electrons. The van der Waals surface area contributed by atoms with E-state index in [1.54, 1.807) is 0 Å². The molecule has 0 radical (unpaired) electrons. The maximum atomic E-state index is 12.4. The summed E-state index contributed by atoms with van der Waals surface area (Å²) in [5, 5.41) is 3.07. The molecule has 1 aromatic rings. The van der Waals surface area contributed by atoms with Gasteiger partial charge in [0.1, 0.15) is 0 Å². The molecule has 0 fully saturated rings. The van der Waals surface area contributed by atoms with E-state index in [1.807, 2.05) is 32.0 Å². The number of hydrogen-bond acceptors (Lipinski definition) is 2. The number of amides is 1. The van der Waals surface area contributed by atoms with Crippen molar-refractivity contribution in [3.8, 4) is 0 Å². The van der Waals surface area contributed by atoms with Gasteiger partial charge in [-0.25, -0.2) is 0 Å². The lowest BCUT2D eigenvalue weighted by Gasteiger charge is -2.31. The van der Waals surface area contributed by atoms with Crippen molar-refractivity contribution in [3.63, 3.8) is 0 Å². The summed E-state index contributed by atoms with van der Waals surface area (Å²) in [5.74, 6) is 0.421. The molecule has 3 N–H and O–H groups in total. The van der Waals surface area contributed by atoms with Crippen LogP contribution in [0.1, 0.15) is 43.1 Å². The highest BCUT2D eigenvalue weighted by atomic mass is 79.9. The van der Waals surface area contributed by atoms with Crippen molar-refractivity contribution in [3.05, 3.63) is 33.8 Å². The lowest BCUT2D eigenvalue weighted by atomic mass is 9.90. The summed E-state index contributed by atoms with van der Waals surface area (Å²) in [6.07, 6.45) is 0.863. The number of hydrogen-bond donors (Lipinski definition) is 2. The fraction of sp³-hybridized carbons (Fsp3) is 0.533. The van der Waals surface area contributed by atoms with E-state index < -0.39 is 0 Å². The van der Waals surface area contributed by atoms with Gasteiger partial charge >= 0.3 is 0 Å².